The molecule has 3 aromatic heterocycles. The Balaban J connectivity index is 1.80. The lowest BCUT2D eigenvalue weighted by atomic mass is 9.91. The summed E-state index contributed by atoms with van der Waals surface area (Å²) in [5, 5.41) is 0.940. The molecule has 0 radical (unpaired) electrons. The maximum atomic E-state index is 13.2. The molecule has 1 aliphatic heterocycles. The molecule has 0 saturated carbocycles. The lowest BCUT2D eigenvalue weighted by Gasteiger charge is -2.34. The van der Waals surface area contributed by atoms with Gasteiger partial charge in [0, 0.05) is 43.3 Å². The van der Waals surface area contributed by atoms with Crippen molar-refractivity contribution in [2.24, 2.45) is 11.8 Å². The highest BCUT2D eigenvalue weighted by molar-refractivity contribution is 6.01. The van der Waals surface area contributed by atoms with Gasteiger partial charge in [0.05, 0.1) is 5.52 Å². The van der Waals surface area contributed by atoms with Crippen molar-refractivity contribution >= 4 is 16.8 Å². The van der Waals surface area contributed by atoms with Crippen molar-refractivity contribution in [3.8, 4) is 11.1 Å². The Labute approximate surface area is 153 Å². The number of carbonyl (C=O) groups excluding carboxylic acids is 1. The predicted molar refractivity (Wildman–Crippen MR) is 102 cm³/mol. The summed E-state index contributed by atoms with van der Waals surface area (Å²) >= 11 is 0. The van der Waals surface area contributed by atoms with Crippen LogP contribution in [0.4, 0.5) is 0 Å². The minimum Gasteiger partial charge on any atom is -0.337 e. The lowest BCUT2D eigenvalue weighted by Crippen LogP contribution is -2.42. The van der Waals surface area contributed by atoms with Crippen LogP contribution in [0.5, 0.6) is 0 Å². The van der Waals surface area contributed by atoms with Crippen LogP contribution in [-0.2, 0) is 0 Å². The molecule has 26 heavy (non-hydrogen) atoms. The van der Waals surface area contributed by atoms with Crippen LogP contribution in [-0.4, -0.2) is 38.8 Å². The molecule has 1 amide bonds. The quantitative estimate of drug-likeness (QED) is 0.708. The van der Waals surface area contributed by atoms with Crippen LogP contribution >= 0.6 is 0 Å². The number of piperidine rings is 1. The van der Waals surface area contributed by atoms with Crippen molar-refractivity contribution < 1.29 is 4.79 Å². The van der Waals surface area contributed by atoms with Gasteiger partial charge in [-0.15, -0.1) is 0 Å². The van der Waals surface area contributed by atoms with Crippen LogP contribution in [0.25, 0.3) is 22.0 Å². The Morgan fingerprint density at radius 2 is 1.73 bits per heavy atom. The Morgan fingerprint density at radius 1 is 1.04 bits per heavy atom. The second-order valence-electron chi connectivity index (χ2n) is 7.34. The van der Waals surface area contributed by atoms with Gasteiger partial charge in [-0.1, -0.05) is 13.8 Å². The molecule has 1 aliphatic rings. The number of nitrogens with zero attached hydrogens (tertiary/aromatic N) is 4. The molecule has 0 unspecified atom stereocenters. The highest BCUT2D eigenvalue weighted by Gasteiger charge is 2.27. The molecule has 1 fully saturated rings. The van der Waals surface area contributed by atoms with E-state index in [-0.39, 0.29) is 5.91 Å². The fourth-order valence-corrected chi connectivity index (χ4v) is 3.94. The van der Waals surface area contributed by atoms with E-state index in [9.17, 15) is 4.79 Å². The zero-order chi connectivity index (χ0) is 18.1. The molecular weight excluding hydrogens is 324 g/mol. The molecule has 1 saturated heterocycles. The smallest absolute Gasteiger partial charge is 0.272 e. The molecule has 0 bridgehead atoms. The normalized spacial score (nSPS) is 20.3. The number of hydrogen-bond acceptors (Lipinski definition) is 4. The van der Waals surface area contributed by atoms with E-state index in [0.717, 1.165) is 35.1 Å². The predicted octanol–water partition coefficient (Wildman–Crippen LogP) is 3.81. The van der Waals surface area contributed by atoms with Crippen molar-refractivity contribution in [2.45, 2.75) is 20.3 Å². The van der Waals surface area contributed by atoms with Gasteiger partial charge in [0.1, 0.15) is 5.69 Å². The summed E-state index contributed by atoms with van der Waals surface area (Å²) in [7, 11) is 0. The summed E-state index contributed by atoms with van der Waals surface area (Å²) in [5.74, 6) is 1.05. The van der Waals surface area contributed by atoms with Crippen molar-refractivity contribution in [1.82, 2.24) is 19.9 Å². The maximum Gasteiger partial charge on any atom is 0.272 e. The molecular formula is C21H22N4O. The number of fused-ring (bicyclic) bond motifs is 1. The number of pyridine rings is 3. The van der Waals surface area contributed by atoms with E-state index in [1.54, 1.807) is 24.8 Å². The third-order valence-electron chi connectivity index (χ3n) is 4.98. The first kappa shape index (κ1) is 16.6. The van der Waals surface area contributed by atoms with Crippen molar-refractivity contribution in [1.29, 1.82) is 0 Å². The van der Waals surface area contributed by atoms with Gasteiger partial charge in [-0.25, -0.2) is 4.98 Å². The lowest BCUT2D eigenvalue weighted by molar-refractivity contribution is 0.0617. The van der Waals surface area contributed by atoms with Gasteiger partial charge in [0.2, 0.25) is 0 Å². The average Bonchev–Trinajstić information content (AvgIpc) is 2.66. The Bertz CT molecular complexity index is 931. The zero-order valence-electron chi connectivity index (χ0n) is 15.1. The van der Waals surface area contributed by atoms with Gasteiger partial charge in [0.25, 0.3) is 5.91 Å². The fourth-order valence-electron chi connectivity index (χ4n) is 3.94. The number of rotatable bonds is 2. The molecule has 132 valence electrons. The summed E-state index contributed by atoms with van der Waals surface area (Å²) in [6.45, 7) is 6.00. The van der Waals surface area contributed by atoms with E-state index in [2.05, 4.69) is 28.8 Å². The highest BCUT2D eigenvalue weighted by Crippen LogP contribution is 2.29. The van der Waals surface area contributed by atoms with Gasteiger partial charge >= 0.3 is 0 Å². The number of amides is 1. The first-order valence-electron chi connectivity index (χ1n) is 9.06. The number of aromatic nitrogens is 3. The third-order valence-corrected chi connectivity index (χ3v) is 4.98. The Kier molecular flexibility index (Phi) is 4.37. The van der Waals surface area contributed by atoms with Crippen LogP contribution in [0.1, 0.15) is 30.8 Å². The minimum absolute atomic E-state index is 0.0115. The Hall–Kier alpha value is -2.82. The Morgan fingerprint density at radius 3 is 2.46 bits per heavy atom. The number of hydrogen-bond donors (Lipinski definition) is 0. The van der Waals surface area contributed by atoms with E-state index in [1.165, 1.54) is 6.42 Å². The standard InChI is InChI=1S/C21H22N4O/c1-14-9-15(2)13-25(12-14)21(26)20-10-17(16-3-6-22-7-4-16)18-11-23-8-5-19(18)24-20/h3-8,10-11,14-15H,9,12-13H2,1-2H3/t14-,15-/m0/s1. The molecule has 5 nitrogen and oxygen atoms in total. The summed E-state index contributed by atoms with van der Waals surface area (Å²) in [6, 6.07) is 7.64. The monoisotopic (exact) mass is 346 g/mol. The van der Waals surface area contributed by atoms with E-state index < -0.39 is 0 Å². The second kappa shape index (κ2) is 6.83. The summed E-state index contributed by atoms with van der Waals surface area (Å²) in [4.78, 5) is 28.1. The first-order valence-corrected chi connectivity index (χ1v) is 9.06. The minimum atomic E-state index is 0.0115. The molecule has 5 heteroatoms. The summed E-state index contributed by atoms with van der Waals surface area (Å²) < 4.78 is 0. The topological polar surface area (TPSA) is 59.0 Å². The van der Waals surface area contributed by atoms with E-state index in [4.69, 9.17) is 0 Å². The van der Waals surface area contributed by atoms with Crippen LogP contribution in [0.2, 0.25) is 0 Å². The molecule has 4 heterocycles. The number of likely N-dealkylation sites (tertiary alicyclic amines) is 1. The largest absolute Gasteiger partial charge is 0.337 e. The SMILES string of the molecule is C[C@H]1C[C@H](C)CN(C(=O)c2cc(-c3ccncc3)c3cnccc3n2)C1. The highest BCUT2D eigenvalue weighted by atomic mass is 16.2. The van der Waals surface area contributed by atoms with Crippen LogP contribution in [0.15, 0.2) is 49.1 Å². The average molecular weight is 346 g/mol. The zero-order valence-corrected chi connectivity index (χ0v) is 15.1. The van der Waals surface area contributed by atoms with E-state index in [0.29, 0.717) is 17.5 Å². The van der Waals surface area contributed by atoms with E-state index >= 15 is 0 Å². The van der Waals surface area contributed by atoms with Gasteiger partial charge in [-0.05, 0) is 53.6 Å². The summed E-state index contributed by atoms with van der Waals surface area (Å²) in [5.41, 5.74) is 3.26. The summed E-state index contributed by atoms with van der Waals surface area (Å²) in [6.07, 6.45) is 8.20. The van der Waals surface area contributed by atoms with Gasteiger partial charge in [-0.3, -0.25) is 14.8 Å². The van der Waals surface area contributed by atoms with Crippen molar-refractivity contribution in [3.05, 3.63) is 54.7 Å². The molecule has 0 aromatic carbocycles. The van der Waals surface area contributed by atoms with Gasteiger partial charge < -0.3 is 4.90 Å². The molecule has 0 spiro atoms. The first-order chi connectivity index (χ1) is 12.6. The van der Waals surface area contributed by atoms with Crippen molar-refractivity contribution in [2.75, 3.05) is 13.1 Å². The van der Waals surface area contributed by atoms with Gasteiger partial charge in [-0.2, -0.15) is 0 Å². The van der Waals surface area contributed by atoms with E-state index in [1.807, 2.05) is 29.2 Å². The fraction of sp³-hybridized carbons (Fsp3) is 0.333. The van der Waals surface area contributed by atoms with Gasteiger partial charge in [0.15, 0.2) is 0 Å². The molecule has 0 N–H and O–H groups in total. The number of carbonyl (C=O) groups is 1. The molecule has 2 atom stereocenters. The molecule has 3 aromatic rings. The van der Waals surface area contributed by atoms with Crippen LogP contribution in [0, 0.1) is 11.8 Å². The third kappa shape index (κ3) is 3.17. The molecule has 0 aliphatic carbocycles. The van der Waals surface area contributed by atoms with Crippen LogP contribution < -0.4 is 0 Å². The second-order valence-corrected chi connectivity index (χ2v) is 7.34. The van der Waals surface area contributed by atoms with Crippen LogP contribution in [0.3, 0.4) is 0 Å². The molecule has 4 rings (SSSR count). The van der Waals surface area contributed by atoms with Crippen molar-refractivity contribution in [3.63, 3.8) is 0 Å². The maximum absolute atomic E-state index is 13.2.